The van der Waals surface area contributed by atoms with E-state index in [0.29, 0.717) is 25.9 Å². The van der Waals surface area contributed by atoms with E-state index in [2.05, 4.69) is 26.1 Å². The van der Waals surface area contributed by atoms with Gasteiger partial charge in [0.25, 0.3) is 5.91 Å². The first-order valence-electron chi connectivity index (χ1n) is 11.6. The third-order valence-electron chi connectivity index (χ3n) is 7.25. The molecule has 0 unspecified atom stereocenters. The molecule has 1 aliphatic carbocycles. The third kappa shape index (κ3) is 3.69. The molecule has 3 aromatic heterocycles. The normalized spacial score (nSPS) is 24.2. The minimum Gasteiger partial charge on any atom is -0.346 e. The maximum atomic E-state index is 12.6. The zero-order valence-electron chi connectivity index (χ0n) is 18.7. The smallest absolute Gasteiger partial charge is 0.289 e. The van der Waals surface area contributed by atoms with Crippen LogP contribution < -0.4 is 0 Å². The lowest BCUT2D eigenvalue weighted by Gasteiger charge is -2.29. The number of hydrogen-bond donors (Lipinski definition) is 1. The summed E-state index contributed by atoms with van der Waals surface area (Å²) in [4.78, 5) is 38.3. The fourth-order valence-electron chi connectivity index (χ4n) is 5.61. The number of carbonyl (C=O) groups is 2. The van der Waals surface area contributed by atoms with E-state index in [9.17, 15) is 14.9 Å². The highest BCUT2D eigenvalue weighted by Gasteiger charge is 2.51. The van der Waals surface area contributed by atoms with Gasteiger partial charge >= 0.3 is 0 Å². The monoisotopic (exact) mass is 445 g/mol. The van der Waals surface area contributed by atoms with Crippen LogP contribution in [0.1, 0.15) is 45.4 Å². The van der Waals surface area contributed by atoms with Gasteiger partial charge in [-0.15, -0.1) is 0 Å². The zero-order chi connectivity index (χ0) is 23.0. The summed E-state index contributed by atoms with van der Waals surface area (Å²) in [7, 11) is 0. The van der Waals surface area contributed by atoms with Crippen molar-refractivity contribution >= 4 is 22.7 Å². The number of ketones is 1. The standard InChI is InChI=1S/C24H27N7O2/c1-2-3-4-20(32)23(33)30-12-16-9-24(6-7-25,10-17(16)13-30)31-14-18(11-29-31)21-19-5-8-26-22(19)28-15-27-21/h5,8,11,14-17H,2-4,6,9-10,12-13H2,1H3,(H,26,27,28)/t16-,17+,24-. The average Bonchev–Trinajstić information content (AvgIpc) is 3.59. The Labute approximate surface area is 191 Å². The van der Waals surface area contributed by atoms with Crippen molar-refractivity contribution < 1.29 is 9.59 Å². The van der Waals surface area contributed by atoms with Crippen LogP contribution in [0.15, 0.2) is 31.0 Å². The van der Waals surface area contributed by atoms with Gasteiger partial charge in [-0.25, -0.2) is 9.97 Å². The lowest BCUT2D eigenvalue weighted by molar-refractivity contribution is -0.144. The molecule has 2 fully saturated rings. The number of aromatic amines is 1. The summed E-state index contributed by atoms with van der Waals surface area (Å²) >= 11 is 0. The summed E-state index contributed by atoms with van der Waals surface area (Å²) < 4.78 is 1.93. The minimum atomic E-state index is -0.409. The van der Waals surface area contributed by atoms with Gasteiger partial charge in [0.1, 0.15) is 12.0 Å². The van der Waals surface area contributed by atoms with Crippen LogP contribution >= 0.6 is 0 Å². The van der Waals surface area contributed by atoms with Crippen molar-refractivity contribution in [3.05, 3.63) is 31.0 Å². The first-order valence-corrected chi connectivity index (χ1v) is 11.6. The van der Waals surface area contributed by atoms with E-state index >= 15 is 0 Å². The molecule has 170 valence electrons. The molecule has 2 aliphatic rings. The number of nitrogens with one attached hydrogen (secondary N) is 1. The van der Waals surface area contributed by atoms with Crippen LogP contribution in [0.4, 0.5) is 0 Å². The second-order valence-electron chi connectivity index (χ2n) is 9.36. The Bertz CT molecular complexity index is 1220. The van der Waals surface area contributed by atoms with E-state index in [0.717, 1.165) is 48.0 Å². The summed E-state index contributed by atoms with van der Waals surface area (Å²) in [5.74, 6) is -0.0872. The predicted octanol–water partition coefficient (Wildman–Crippen LogP) is 3.06. The first kappa shape index (κ1) is 21.3. The molecule has 0 spiro atoms. The van der Waals surface area contributed by atoms with Crippen molar-refractivity contribution in [2.45, 2.75) is 51.0 Å². The molecule has 33 heavy (non-hydrogen) atoms. The molecule has 3 atom stereocenters. The molecule has 1 saturated heterocycles. The molecule has 0 aromatic carbocycles. The van der Waals surface area contributed by atoms with E-state index in [-0.39, 0.29) is 23.5 Å². The van der Waals surface area contributed by atoms with Crippen LogP contribution in [-0.2, 0) is 15.1 Å². The van der Waals surface area contributed by atoms with Crippen LogP contribution in [0.5, 0.6) is 0 Å². The summed E-state index contributed by atoms with van der Waals surface area (Å²) in [5.41, 5.74) is 2.05. The Morgan fingerprint density at radius 3 is 2.79 bits per heavy atom. The van der Waals surface area contributed by atoms with E-state index in [1.54, 1.807) is 11.1 Å². The molecule has 1 amide bonds. The highest BCUT2D eigenvalue weighted by atomic mass is 16.2. The lowest BCUT2D eigenvalue weighted by Crippen LogP contribution is -2.38. The number of Topliss-reactive ketones (excluding diaryl/α,β-unsaturated/α-hetero) is 1. The second-order valence-corrected chi connectivity index (χ2v) is 9.36. The molecule has 5 rings (SSSR count). The highest BCUT2D eigenvalue weighted by molar-refractivity contribution is 6.36. The topological polar surface area (TPSA) is 121 Å². The molecule has 4 heterocycles. The van der Waals surface area contributed by atoms with Gasteiger partial charge in [0, 0.05) is 42.9 Å². The number of nitrogens with zero attached hydrogens (tertiary/aromatic N) is 6. The maximum Gasteiger partial charge on any atom is 0.289 e. The fraction of sp³-hybridized carbons (Fsp3) is 0.500. The van der Waals surface area contributed by atoms with Crippen molar-refractivity contribution in [2.75, 3.05) is 13.1 Å². The molecule has 1 aliphatic heterocycles. The number of H-pyrrole nitrogens is 1. The number of rotatable bonds is 7. The fourth-order valence-corrected chi connectivity index (χ4v) is 5.61. The predicted molar refractivity (Wildman–Crippen MR) is 121 cm³/mol. The molecule has 1 N–H and O–H groups in total. The molecular weight excluding hydrogens is 418 g/mol. The van der Waals surface area contributed by atoms with Gasteiger partial charge in [-0.3, -0.25) is 14.3 Å². The molecular formula is C24H27N7O2. The van der Waals surface area contributed by atoms with Crippen molar-refractivity contribution in [3.63, 3.8) is 0 Å². The van der Waals surface area contributed by atoms with E-state index in [1.807, 2.05) is 30.1 Å². The van der Waals surface area contributed by atoms with Gasteiger partial charge in [0.05, 0.1) is 29.9 Å². The van der Waals surface area contributed by atoms with E-state index in [1.165, 1.54) is 6.33 Å². The van der Waals surface area contributed by atoms with Gasteiger partial charge in [0.15, 0.2) is 0 Å². The number of carbonyl (C=O) groups excluding carboxylic acids is 2. The van der Waals surface area contributed by atoms with Crippen LogP contribution in [0.3, 0.4) is 0 Å². The highest BCUT2D eigenvalue weighted by Crippen LogP contribution is 2.49. The molecule has 1 saturated carbocycles. The number of amides is 1. The quantitative estimate of drug-likeness (QED) is 0.558. The van der Waals surface area contributed by atoms with Crippen LogP contribution in [0, 0.1) is 23.2 Å². The van der Waals surface area contributed by atoms with Crippen LogP contribution in [-0.4, -0.2) is 54.4 Å². The molecule has 0 radical (unpaired) electrons. The van der Waals surface area contributed by atoms with Crippen molar-refractivity contribution in [2.24, 2.45) is 11.8 Å². The van der Waals surface area contributed by atoms with Gasteiger partial charge in [-0.05, 0) is 37.2 Å². The van der Waals surface area contributed by atoms with Crippen LogP contribution in [0.2, 0.25) is 0 Å². The SMILES string of the molecule is CCCCC(=O)C(=O)N1C[C@@H]2C[C@](CC#N)(n3cc(-c4ncnc5[nH]ccc45)cn3)C[C@@H]2C1. The zero-order valence-corrected chi connectivity index (χ0v) is 18.7. The number of hydrogen-bond acceptors (Lipinski definition) is 6. The van der Waals surface area contributed by atoms with Crippen molar-refractivity contribution in [1.82, 2.24) is 29.6 Å². The van der Waals surface area contributed by atoms with Gasteiger partial charge in [-0.2, -0.15) is 10.4 Å². The first-order chi connectivity index (χ1) is 16.0. The van der Waals surface area contributed by atoms with Crippen molar-refractivity contribution in [3.8, 4) is 17.3 Å². The third-order valence-corrected chi connectivity index (χ3v) is 7.25. The van der Waals surface area contributed by atoms with Gasteiger partial charge in [0.2, 0.25) is 5.78 Å². The Morgan fingerprint density at radius 2 is 2.06 bits per heavy atom. The van der Waals surface area contributed by atoms with E-state index in [4.69, 9.17) is 0 Å². The van der Waals surface area contributed by atoms with Gasteiger partial charge < -0.3 is 9.88 Å². The Morgan fingerprint density at radius 1 is 1.27 bits per heavy atom. The van der Waals surface area contributed by atoms with Crippen LogP contribution in [0.25, 0.3) is 22.3 Å². The summed E-state index contributed by atoms with van der Waals surface area (Å²) in [6, 6.07) is 4.31. The number of unbranched alkanes of at least 4 members (excludes halogenated alkanes) is 1. The number of nitriles is 1. The Balaban J connectivity index is 1.35. The number of likely N-dealkylation sites (tertiary alicyclic amines) is 1. The number of aromatic nitrogens is 5. The summed E-state index contributed by atoms with van der Waals surface area (Å²) in [5, 5.41) is 15.2. The summed E-state index contributed by atoms with van der Waals surface area (Å²) in [6.07, 6.45) is 11.0. The summed E-state index contributed by atoms with van der Waals surface area (Å²) in [6.45, 7) is 3.18. The second kappa shape index (κ2) is 8.43. The van der Waals surface area contributed by atoms with Gasteiger partial charge in [-0.1, -0.05) is 13.3 Å². The van der Waals surface area contributed by atoms with E-state index < -0.39 is 5.54 Å². The number of fused-ring (bicyclic) bond motifs is 2. The molecule has 0 bridgehead atoms. The maximum absolute atomic E-state index is 12.6. The lowest BCUT2D eigenvalue weighted by atomic mass is 9.92. The Kier molecular flexibility index (Phi) is 5.44. The Hall–Kier alpha value is -3.54. The largest absolute Gasteiger partial charge is 0.346 e. The molecule has 9 heteroatoms. The van der Waals surface area contributed by atoms with Crippen molar-refractivity contribution in [1.29, 1.82) is 5.26 Å². The molecule has 3 aromatic rings. The average molecular weight is 446 g/mol. The molecule has 9 nitrogen and oxygen atoms in total. The minimum absolute atomic E-state index is 0.268.